The third-order valence-corrected chi connectivity index (χ3v) is 5.35. The van der Waals surface area contributed by atoms with Crippen LogP contribution in [0, 0.1) is 6.92 Å². The first-order valence-corrected chi connectivity index (χ1v) is 11.1. The van der Waals surface area contributed by atoms with Crippen LogP contribution in [0.5, 0.6) is 0 Å². The van der Waals surface area contributed by atoms with Gasteiger partial charge in [-0.05, 0) is 55.6 Å². The molecule has 2 aromatic rings. The average Bonchev–Trinajstić information content (AvgIpc) is 2.86. The predicted octanol–water partition coefficient (Wildman–Crippen LogP) is 4.31. The van der Waals surface area contributed by atoms with Crippen molar-refractivity contribution in [2.75, 3.05) is 49.7 Å². The molecule has 0 radical (unpaired) electrons. The van der Waals surface area contributed by atoms with E-state index in [1.807, 2.05) is 18.3 Å². The summed E-state index contributed by atoms with van der Waals surface area (Å²) < 4.78 is 42.2. The molecule has 10 heteroatoms. The summed E-state index contributed by atoms with van der Waals surface area (Å²) in [5.41, 5.74) is 4.57. The van der Waals surface area contributed by atoms with E-state index >= 15 is 0 Å². The summed E-state index contributed by atoms with van der Waals surface area (Å²) in [7, 11) is 0. The number of benzene rings is 2. The van der Waals surface area contributed by atoms with Gasteiger partial charge in [0, 0.05) is 41.8 Å². The Bertz CT molecular complexity index is 1080. The van der Waals surface area contributed by atoms with E-state index in [1.165, 1.54) is 17.8 Å². The van der Waals surface area contributed by atoms with Crippen LogP contribution in [0.2, 0.25) is 0 Å². The van der Waals surface area contributed by atoms with Crippen LogP contribution < -0.4 is 15.5 Å². The number of nitrogens with zero attached hydrogens (tertiary/aromatic N) is 3. The minimum atomic E-state index is -4.46. The van der Waals surface area contributed by atoms with Crippen LogP contribution in [0.25, 0.3) is 5.70 Å². The van der Waals surface area contributed by atoms with Gasteiger partial charge in [0.2, 0.25) is 0 Å². The lowest BCUT2D eigenvalue weighted by Crippen LogP contribution is -2.36. The van der Waals surface area contributed by atoms with Gasteiger partial charge in [0.05, 0.1) is 18.9 Å². The van der Waals surface area contributed by atoms with E-state index in [-0.39, 0.29) is 5.56 Å². The first kappa shape index (κ1) is 26.0. The Balaban J connectivity index is 1.53. The van der Waals surface area contributed by atoms with Gasteiger partial charge in [-0.15, -0.1) is 0 Å². The molecule has 1 saturated heterocycles. The number of allylic oxidation sites excluding steroid dienone is 1. The van der Waals surface area contributed by atoms with Gasteiger partial charge in [-0.2, -0.15) is 13.2 Å². The number of carbonyl (C=O) groups is 1. The van der Waals surface area contributed by atoms with Crippen LogP contribution in [0.4, 0.5) is 24.5 Å². The van der Waals surface area contributed by atoms with Crippen molar-refractivity contribution in [3.63, 3.8) is 0 Å². The highest BCUT2D eigenvalue weighted by atomic mass is 19.4. The van der Waals surface area contributed by atoms with Gasteiger partial charge in [-0.1, -0.05) is 12.1 Å². The maximum Gasteiger partial charge on any atom is 0.405 e. The number of halogens is 3. The van der Waals surface area contributed by atoms with E-state index in [4.69, 9.17) is 4.74 Å². The Morgan fingerprint density at radius 3 is 2.46 bits per heavy atom. The zero-order valence-electron chi connectivity index (χ0n) is 19.4. The molecule has 1 aliphatic rings. The number of carbonyl (C=O) groups excluding carboxylic acids is 1. The molecule has 2 aromatic carbocycles. The molecule has 35 heavy (non-hydrogen) atoms. The van der Waals surface area contributed by atoms with Crippen molar-refractivity contribution in [3.8, 4) is 0 Å². The molecule has 0 saturated carbocycles. The van der Waals surface area contributed by atoms with Crippen molar-refractivity contribution < 1.29 is 22.7 Å². The van der Waals surface area contributed by atoms with Crippen LogP contribution in [-0.4, -0.2) is 64.5 Å². The number of ether oxygens (including phenoxy) is 1. The molecule has 0 aliphatic carbocycles. The van der Waals surface area contributed by atoms with Crippen LogP contribution in [-0.2, 0) is 4.74 Å². The van der Waals surface area contributed by atoms with E-state index in [1.54, 1.807) is 24.4 Å². The molecule has 1 aliphatic heterocycles. The summed E-state index contributed by atoms with van der Waals surface area (Å²) in [4.78, 5) is 22.4. The standard InChI is InChI=1S/C25H28F3N5O2/c1-18-15-21(33-11-13-35-14-12-33)7-8-22(18)32-17-30-10-9-23(29-2)19-3-5-20(6-4-19)24(34)31-16-25(26,27)28/h3-10,15,32H,2,11-14,16-17H2,1H3,(H,31,34)/b23-9-,30-10?. The molecule has 1 amide bonds. The number of hydrogen-bond donors (Lipinski definition) is 2. The molecule has 0 unspecified atom stereocenters. The first-order chi connectivity index (χ1) is 16.8. The molecule has 0 bridgehead atoms. The number of morpholine rings is 1. The summed E-state index contributed by atoms with van der Waals surface area (Å²) in [6.45, 7) is 7.82. The SMILES string of the molecule is C=N/C(=C\C=NCNc1ccc(N2CCOCC2)cc1C)c1ccc(C(=O)NCC(F)(F)F)cc1. The van der Waals surface area contributed by atoms with Crippen LogP contribution in [0.15, 0.2) is 58.5 Å². The van der Waals surface area contributed by atoms with E-state index < -0.39 is 18.6 Å². The minimum Gasteiger partial charge on any atom is -0.378 e. The van der Waals surface area contributed by atoms with Crippen molar-refractivity contribution in [1.29, 1.82) is 0 Å². The Kier molecular flexibility index (Phi) is 9.02. The Hall–Kier alpha value is -3.66. The summed E-state index contributed by atoms with van der Waals surface area (Å²) in [5.74, 6) is -0.799. The number of aliphatic imine (C=N–C) groups is 2. The summed E-state index contributed by atoms with van der Waals surface area (Å²) >= 11 is 0. The zero-order chi connectivity index (χ0) is 25.3. The quantitative estimate of drug-likeness (QED) is 0.517. The lowest BCUT2D eigenvalue weighted by atomic mass is 10.1. The van der Waals surface area contributed by atoms with Crippen LogP contribution in [0.3, 0.4) is 0 Å². The number of rotatable bonds is 9. The highest BCUT2D eigenvalue weighted by molar-refractivity contribution is 5.95. The maximum atomic E-state index is 12.3. The first-order valence-electron chi connectivity index (χ1n) is 11.1. The second-order valence-electron chi connectivity index (χ2n) is 7.85. The number of anilines is 2. The molecule has 7 nitrogen and oxygen atoms in total. The molecule has 1 fully saturated rings. The van der Waals surface area contributed by atoms with Gasteiger partial charge in [-0.3, -0.25) is 14.8 Å². The lowest BCUT2D eigenvalue weighted by molar-refractivity contribution is -0.123. The Labute approximate surface area is 202 Å². The molecular formula is C25H28F3N5O2. The second kappa shape index (κ2) is 12.2. The van der Waals surface area contributed by atoms with Crippen molar-refractivity contribution in [2.24, 2.45) is 9.98 Å². The van der Waals surface area contributed by atoms with Crippen molar-refractivity contribution >= 4 is 35.9 Å². The van der Waals surface area contributed by atoms with Crippen molar-refractivity contribution in [3.05, 3.63) is 65.2 Å². The number of hydrogen-bond acceptors (Lipinski definition) is 6. The fourth-order valence-corrected chi connectivity index (χ4v) is 3.49. The number of nitrogens with one attached hydrogen (secondary N) is 2. The Morgan fingerprint density at radius 1 is 1.14 bits per heavy atom. The smallest absolute Gasteiger partial charge is 0.378 e. The monoisotopic (exact) mass is 487 g/mol. The van der Waals surface area contributed by atoms with E-state index in [0.29, 0.717) is 17.9 Å². The highest BCUT2D eigenvalue weighted by Gasteiger charge is 2.27. The van der Waals surface area contributed by atoms with Gasteiger partial charge >= 0.3 is 6.18 Å². The second-order valence-corrected chi connectivity index (χ2v) is 7.85. The number of alkyl halides is 3. The lowest BCUT2D eigenvalue weighted by Gasteiger charge is -2.29. The fraction of sp³-hybridized carbons (Fsp3) is 0.320. The molecular weight excluding hydrogens is 459 g/mol. The highest BCUT2D eigenvalue weighted by Crippen LogP contribution is 2.23. The van der Waals surface area contributed by atoms with E-state index in [0.717, 1.165) is 37.6 Å². The molecule has 0 aromatic heterocycles. The number of aryl methyl sites for hydroxylation is 1. The maximum absolute atomic E-state index is 12.3. The topological polar surface area (TPSA) is 78.3 Å². The van der Waals surface area contributed by atoms with Crippen molar-refractivity contribution in [2.45, 2.75) is 13.1 Å². The van der Waals surface area contributed by atoms with Crippen LogP contribution >= 0.6 is 0 Å². The van der Waals surface area contributed by atoms with Gasteiger partial charge in [-0.25, -0.2) is 0 Å². The number of amides is 1. The van der Waals surface area contributed by atoms with Gasteiger partial charge in [0.15, 0.2) is 0 Å². The molecule has 0 spiro atoms. The Morgan fingerprint density at radius 2 is 1.83 bits per heavy atom. The third kappa shape index (κ3) is 7.96. The normalized spacial score (nSPS) is 14.7. The van der Waals surface area contributed by atoms with Crippen LogP contribution in [0.1, 0.15) is 21.5 Å². The molecule has 1 heterocycles. The van der Waals surface area contributed by atoms with Crippen molar-refractivity contribution in [1.82, 2.24) is 5.32 Å². The summed E-state index contributed by atoms with van der Waals surface area (Å²) in [6.07, 6.45) is -1.20. The third-order valence-electron chi connectivity index (χ3n) is 5.35. The van der Waals surface area contributed by atoms with E-state index in [2.05, 4.69) is 39.1 Å². The molecule has 0 atom stereocenters. The van der Waals surface area contributed by atoms with Gasteiger partial charge in [0.1, 0.15) is 13.2 Å². The average molecular weight is 488 g/mol. The molecule has 186 valence electrons. The predicted molar refractivity (Wildman–Crippen MR) is 134 cm³/mol. The largest absolute Gasteiger partial charge is 0.405 e. The summed E-state index contributed by atoms with van der Waals surface area (Å²) in [6, 6.07) is 12.3. The van der Waals surface area contributed by atoms with Gasteiger partial charge < -0.3 is 20.3 Å². The summed E-state index contributed by atoms with van der Waals surface area (Å²) in [5, 5.41) is 5.11. The fourth-order valence-electron chi connectivity index (χ4n) is 3.49. The zero-order valence-corrected chi connectivity index (χ0v) is 19.4. The van der Waals surface area contributed by atoms with E-state index in [9.17, 15) is 18.0 Å². The molecule has 3 rings (SSSR count). The van der Waals surface area contributed by atoms with Gasteiger partial charge in [0.25, 0.3) is 5.91 Å². The minimum absolute atomic E-state index is 0.120. The molecule has 2 N–H and O–H groups in total.